The van der Waals surface area contributed by atoms with Gasteiger partial charge in [0.05, 0.1) is 12.2 Å². The van der Waals surface area contributed by atoms with Crippen LogP contribution < -0.4 is 0 Å². The molecule has 5 atom stereocenters. The summed E-state index contributed by atoms with van der Waals surface area (Å²) in [5.74, 6) is 2.61. The Hall–Kier alpha value is -0.0800. The minimum atomic E-state index is -0.243. The molecule has 0 bridgehead atoms. The second kappa shape index (κ2) is 7.79. The summed E-state index contributed by atoms with van der Waals surface area (Å²) in [6, 6.07) is 0. The molecule has 1 N–H and O–H groups in total. The predicted molar refractivity (Wildman–Crippen MR) is 83.7 cm³/mol. The lowest BCUT2D eigenvalue weighted by Crippen LogP contribution is -2.43. The molecule has 2 aliphatic carbocycles. The number of rotatable bonds is 5. The zero-order valence-corrected chi connectivity index (χ0v) is 13.7. The summed E-state index contributed by atoms with van der Waals surface area (Å²) in [7, 11) is 0. The van der Waals surface area contributed by atoms with Crippen molar-refractivity contribution in [2.45, 2.75) is 84.3 Å². The van der Waals surface area contributed by atoms with Crippen molar-refractivity contribution in [3.63, 3.8) is 0 Å². The molecule has 2 fully saturated rings. The molecule has 0 heterocycles. The van der Waals surface area contributed by atoms with Gasteiger partial charge in [-0.3, -0.25) is 0 Å². The fourth-order valence-corrected chi connectivity index (χ4v) is 4.34. The molecule has 0 aromatic rings. The molecule has 20 heavy (non-hydrogen) atoms. The second-order valence-corrected chi connectivity index (χ2v) is 7.34. The highest BCUT2D eigenvalue weighted by Crippen LogP contribution is 2.39. The Bertz CT molecular complexity index is 273. The molecule has 2 nitrogen and oxygen atoms in total. The summed E-state index contributed by atoms with van der Waals surface area (Å²) < 4.78 is 6.01. The maximum atomic E-state index is 10.9. The third kappa shape index (κ3) is 3.98. The normalized spacial score (nSPS) is 35.7. The Labute approximate surface area is 125 Å². The molecule has 0 spiro atoms. The van der Waals surface area contributed by atoms with E-state index in [1.165, 1.54) is 51.4 Å². The predicted octanol–water partition coefficient (Wildman–Crippen LogP) is 4.41. The molecule has 0 amide bonds. The van der Waals surface area contributed by atoms with E-state index >= 15 is 0 Å². The highest BCUT2D eigenvalue weighted by Gasteiger charge is 2.37. The fourth-order valence-electron chi connectivity index (χ4n) is 4.34. The van der Waals surface area contributed by atoms with Crippen molar-refractivity contribution in [1.82, 2.24) is 0 Å². The van der Waals surface area contributed by atoms with E-state index in [0.29, 0.717) is 11.8 Å². The Morgan fingerprint density at radius 2 is 1.65 bits per heavy atom. The van der Waals surface area contributed by atoms with Crippen molar-refractivity contribution in [2.24, 2.45) is 23.7 Å². The quantitative estimate of drug-likeness (QED) is 0.809. The molecular weight excluding hydrogens is 248 g/mol. The smallest absolute Gasteiger partial charge is 0.0864 e. The van der Waals surface area contributed by atoms with Crippen LogP contribution in [0.1, 0.15) is 72.1 Å². The van der Waals surface area contributed by atoms with Crippen LogP contribution in [0.4, 0.5) is 0 Å². The molecule has 0 saturated heterocycles. The zero-order chi connectivity index (χ0) is 14.5. The van der Waals surface area contributed by atoms with Gasteiger partial charge in [-0.1, -0.05) is 39.5 Å². The summed E-state index contributed by atoms with van der Waals surface area (Å²) in [6.07, 6.45) is 9.98. The van der Waals surface area contributed by atoms with Gasteiger partial charge >= 0.3 is 0 Å². The third-order valence-corrected chi connectivity index (χ3v) is 5.93. The molecule has 118 valence electrons. The molecule has 0 radical (unpaired) electrons. The number of aliphatic hydroxyl groups excluding tert-OH is 1. The summed E-state index contributed by atoms with van der Waals surface area (Å²) in [5, 5.41) is 10.9. The first-order chi connectivity index (χ1) is 9.63. The average Bonchev–Trinajstić information content (AvgIpc) is 2.48. The molecule has 2 heteroatoms. The summed E-state index contributed by atoms with van der Waals surface area (Å²) in [4.78, 5) is 0. The van der Waals surface area contributed by atoms with Gasteiger partial charge in [-0.25, -0.2) is 0 Å². The third-order valence-electron chi connectivity index (χ3n) is 5.93. The van der Waals surface area contributed by atoms with Gasteiger partial charge in [0.1, 0.15) is 0 Å². The summed E-state index contributed by atoms with van der Waals surface area (Å²) in [5.41, 5.74) is 0. The van der Waals surface area contributed by atoms with Crippen LogP contribution in [-0.2, 0) is 4.74 Å². The van der Waals surface area contributed by atoms with Crippen LogP contribution >= 0.6 is 0 Å². The van der Waals surface area contributed by atoms with Crippen LogP contribution in [0.5, 0.6) is 0 Å². The van der Waals surface area contributed by atoms with Crippen molar-refractivity contribution in [2.75, 3.05) is 6.61 Å². The molecule has 0 aromatic heterocycles. The number of ether oxygens (including phenoxy) is 1. The van der Waals surface area contributed by atoms with Gasteiger partial charge in [0.25, 0.3) is 0 Å². The van der Waals surface area contributed by atoms with Crippen molar-refractivity contribution < 1.29 is 9.84 Å². The van der Waals surface area contributed by atoms with E-state index in [0.717, 1.165) is 18.4 Å². The lowest BCUT2D eigenvalue weighted by molar-refractivity contribution is -0.103. The number of aliphatic hydroxyl groups is 1. The highest BCUT2D eigenvalue weighted by molar-refractivity contribution is 4.88. The lowest BCUT2D eigenvalue weighted by Gasteiger charge is -2.40. The molecule has 2 saturated carbocycles. The number of hydrogen-bond acceptors (Lipinski definition) is 2. The van der Waals surface area contributed by atoms with Crippen LogP contribution in [0, 0.1) is 23.7 Å². The standard InChI is InChI=1S/C18H34O2/c1-4-20-18(15-8-6-5-7-9-15)17(19)16-11-10-13(2)14(3)12-16/h13-19H,4-12H2,1-3H3. The monoisotopic (exact) mass is 282 g/mol. The van der Waals surface area contributed by atoms with Gasteiger partial charge in [0.15, 0.2) is 0 Å². The van der Waals surface area contributed by atoms with E-state index in [1.54, 1.807) is 0 Å². The molecule has 0 aliphatic heterocycles. The average molecular weight is 282 g/mol. The fraction of sp³-hybridized carbons (Fsp3) is 1.00. The maximum Gasteiger partial charge on any atom is 0.0864 e. The van der Waals surface area contributed by atoms with Crippen molar-refractivity contribution in [3.05, 3.63) is 0 Å². The van der Waals surface area contributed by atoms with Gasteiger partial charge in [-0.15, -0.1) is 0 Å². The Morgan fingerprint density at radius 1 is 0.950 bits per heavy atom. The van der Waals surface area contributed by atoms with Crippen molar-refractivity contribution in [1.29, 1.82) is 0 Å². The highest BCUT2D eigenvalue weighted by atomic mass is 16.5. The second-order valence-electron chi connectivity index (χ2n) is 7.34. The van der Waals surface area contributed by atoms with E-state index in [1.807, 2.05) is 0 Å². The van der Waals surface area contributed by atoms with E-state index in [2.05, 4.69) is 20.8 Å². The van der Waals surface area contributed by atoms with Crippen molar-refractivity contribution in [3.8, 4) is 0 Å². The van der Waals surface area contributed by atoms with Crippen LogP contribution in [0.25, 0.3) is 0 Å². The minimum Gasteiger partial charge on any atom is -0.390 e. The zero-order valence-electron chi connectivity index (χ0n) is 13.7. The first-order valence-electron chi connectivity index (χ1n) is 8.93. The van der Waals surface area contributed by atoms with E-state index in [9.17, 15) is 5.11 Å². The van der Waals surface area contributed by atoms with Gasteiger partial charge < -0.3 is 9.84 Å². The molecule has 2 aliphatic rings. The summed E-state index contributed by atoms with van der Waals surface area (Å²) >= 11 is 0. The Morgan fingerprint density at radius 3 is 2.25 bits per heavy atom. The van der Waals surface area contributed by atoms with Gasteiger partial charge in [0.2, 0.25) is 0 Å². The first-order valence-corrected chi connectivity index (χ1v) is 8.93. The largest absolute Gasteiger partial charge is 0.390 e. The summed E-state index contributed by atoms with van der Waals surface area (Å²) in [6.45, 7) is 7.50. The van der Waals surface area contributed by atoms with Crippen LogP contribution in [-0.4, -0.2) is 23.9 Å². The van der Waals surface area contributed by atoms with Crippen molar-refractivity contribution >= 4 is 0 Å². The molecular formula is C18H34O2. The van der Waals surface area contributed by atoms with Crippen LogP contribution in [0.2, 0.25) is 0 Å². The van der Waals surface area contributed by atoms with Crippen LogP contribution in [0.3, 0.4) is 0 Å². The van der Waals surface area contributed by atoms with E-state index in [-0.39, 0.29) is 12.2 Å². The molecule has 2 rings (SSSR count). The Balaban J connectivity index is 1.96. The lowest BCUT2D eigenvalue weighted by atomic mass is 9.71. The van der Waals surface area contributed by atoms with Gasteiger partial charge in [-0.2, -0.15) is 0 Å². The minimum absolute atomic E-state index is 0.0888. The van der Waals surface area contributed by atoms with Crippen LogP contribution in [0.15, 0.2) is 0 Å². The molecule has 5 unspecified atom stereocenters. The van der Waals surface area contributed by atoms with Gasteiger partial charge in [0, 0.05) is 6.61 Å². The Kier molecular flexibility index (Phi) is 6.35. The van der Waals surface area contributed by atoms with Gasteiger partial charge in [-0.05, 0) is 56.3 Å². The van der Waals surface area contributed by atoms with E-state index in [4.69, 9.17) is 4.74 Å². The number of hydrogen-bond donors (Lipinski definition) is 1. The maximum absolute atomic E-state index is 10.9. The first kappa shape index (κ1) is 16.3. The molecule has 0 aromatic carbocycles. The topological polar surface area (TPSA) is 29.5 Å². The van der Waals surface area contributed by atoms with E-state index < -0.39 is 0 Å². The SMILES string of the molecule is CCOC(C1CCCCC1)C(O)C1CCC(C)C(C)C1.